The van der Waals surface area contributed by atoms with E-state index in [0.717, 1.165) is 31.8 Å². The molecule has 1 aliphatic carbocycles. The van der Waals surface area contributed by atoms with Gasteiger partial charge in [-0.1, -0.05) is 36.7 Å². The van der Waals surface area contributed by atoms with E-state index in [-0.39, 0.29) is 17.9 Å². The summed E-state index contributed by atoms with van der Waals surface area (Å²) in [6, 6.07) is 7.23. The van der Waals surface area contributed by atoms with Gasteiger partial charge in [0.1, 0.15) is 11.5 Å². The normalized spacial score (nSPS) is 18.5. The third kappa shape index (κ3) is 4.83. The second-order valence-corrected chi connectivity index (χ2v) is 8.64. The number of para-hydroxylation sites is 1. The number of halogens is 1. The molecule has 1 aromatic heterocycles. The Balaban J connectivity index is 1.51. The van der Waals surface area contributed by atoms with E-state index in [2.05, 4.69) is 22.1 Å². The first-order chi connectivity index (χ1) is 15.0. The molecule has 2 aliphatic rings. The minimum atomic E-state index is -0.247. The van der Waals surface area contributed by atoms with Crippen molar-refractivity contribution in [1.29, 1.82) is 0 Å². The van der Waals surface area contributed by atoms with Crippen molar-refractivity contribution in [3.05, 3.63) is 59.2 Å². The van der Waals surface area contributed by atoms with E-state index in [1.54, 1.807) is 24.4 Å². The number of fused-ring (bicyclic) bond motifs is 1. The Morgan fingerprint density at radius 2 is 2.10 bits per heavy atom. The number of amides is 2. The van der Waals surface area contributed by atoms with E-state index >= 15 is 0 Å². The zero-order chi connectivity index (χ0) is 22.0. The number of nitrogens with zero attached hydrogens (tertiary/aromatic N) is 4. The van der Waals surface area contributed by atoms with Crippen LogP contribution in [0.5, 0.6) is 0 Å². The van der Waals surface area contributed by atoms with Gasteiger partial charge in [0.2, 0.25) is 5.91 Å². The summed E-state index contributed by atoms with van der Waals surface area (Å²) in [5, 5.41) is 3.36. The maximum Gasteiger partial charge on any atom is 0.273 e. The number of nitrogens with one attached hydrogen (secondary N) is 1. The molecule has 2 aromatic rings. The van der Waals surface area contributed by atoms with E-state index < -0.39 is 0 Å². The fourth-order valence-corrected chi connectivity index (χ4v) is 4.10. The summed E-state index contributed by atoms with van der Waals surface area (Å²) in [7, 11) is 2.02. The lowest BCUT2D eigenvalue weighted by atomic mass is 10.1. The fourth-order valence-electron chi connectivity index (χ4n) is 3.91. The number of aromatic nitrogens is 2. The van der Waals surface area contributed by atoms with Crippen molar-refractivity contribution in [2.75, 3.05) is 25.5 Å². The molecule has 0 radical (unpaired) electrons. The van der Waals surface area contributed by atoms with Gasteiger partial charge < -0.3 is 19.7 Å². The minimum absolute atomic E-state index is 0.0118. The van der Waals surface area contributed by atoms with E-state index in [1.807, 2.05) is 34.7 Å². The molecule has 0 spiro atoms. The van der Waals surface area contributed by atoms with Crippen LogP contribution >= 0.6 is 11.6 Å². The average molecular weight is 442 g/mol. The van der Waals surface area contributed by atoms with Crippen LogP contribution in [0.25, 0.3) is 0 Å². The van der Waals surface area contributed by atoms with E-state index in [1.165, 1.54) is 0 Å². The van der Waals surface area contributed by atoms with Gasteiger partial charge in [-0.05, 0) is 44.5 Å². The molecule has 1 aromatic carbocycles. The van der Waals surface area contributed by atoms with Crippen molar-refractivity contribution in [1.82, 2.24) is 19.4 Å². The molecule has 1 atom stereocenters. The molecular formula is C23H28ClN5O2. The highest BCUT2D eigenvalue weighted by Gasteiger charge is 2.41. The van der Waals surface area contributed by atoms with E-state index in [9.17, 15) is 9.59 Å². The van der Waals surface area contributed by atoms with Gasteiger partial charge in [-0.25, -0.2) is 4.98 Å². The Bertz CT molecular complexity index is 998. The van der Waals surface area contributed by atoms with Gasteiger partial charge >= 0.3 is 0 Å². The van der Waals surface area contributed by atoms with Gasteiger partial charge in [-0.15, -0.1) is 0 Å². The van der Waals surface area contributed by atoms with Crippen molar-refractivity contribution in [2.24, 2.45) is 5.92 Å². The molecule has 1 fully saturated rings. The Labute approximate surface area is 187 Å². The monoisotopic (exact) mass is 441 g/mol. The molecule has 7 nitrogen and oxygen atoms in total. The Morgan fingerprint density at radius 3 is 2.81 bits per heavy atom. The molecule has 0 bridgehead atoms. The molecule has 0 saturated heterocycles. The van der Waals surface area contributed by atoms with Crippen LogP contribution in [0.1, 0.15) is 36.1 Å². The molecule has 2 amide bonds. The van der Waals surface area contributed by atoms with Crippen LogP contribution in [0.4, 0.5) is 5.69 Å². The Morgan fingerprint density at radius 1 is 1.32 bits per heavy atom. The predicted octanol–water partition coefficient (Wildman–Crippen LogP) is 3.42. The van der Waals surface area contributed by atoms with Crippen molar-refractivity contribution >= 4 is 29.1 Å². The quantitative estimate of drug-likeness (QED) is 0.668. The zero-order valence-electron chi connectivity index (χ0n) is 17.9. The molecule has 1 saturated carbocycles. The van der Waals surface area contributed by atoms with Gasteiger partial charge in [-0.2, -0.15) is 0 Å². The van der Waals surface area contributed by atoms with Crippen molar-refractivity contribution in [2.45, 2.75) is 38.9 Å². The molecule has 2 heterocycles. The number of rotatable bonds is 7. The van der Waals surface area contributed by atoms with Crippen LogP contribution in [-0.4, -0.2) is 57.3 Å². The molecular weight excluding hydrogens is 414 g/mol. The molecule has 1 aliphatic heterocycles. The second-order valence-electron chi connectivity index (χ2n) is 8.23. The van der Waals surface area contributed by atoms with Crippen molar-refractivity contribution in [3.63, 3.8) is 0 Å². The number of anilines is 1. The molecule has 164 valence electrons. The predicted molar refractivity (Wildman–Crippen MR) is 121 cm³/mol. The van der Waals surface area contributed by atoms with Gasteiger partial charge in [0, 0.05) is 19.2 Å². The van der Waals surface area contributed by atoms with Crippen LogP contribution in [0, 0.1) is 5.92 Å². The molecule has 31 heavy (non-hydrogen) atoms. The van der Waals surface area contributed by atoms with E-state index in [0.29, 0.717) is 35.4 Å². The summed E-state index contributed by atoms with van der Waals surface area (Å²) in [5.41, 5.74) is 1.06. The first kappa shape index (κ1) is 21.6. The molecule has 8 heteroatoms. The summed E-state index contributed by atoms with van der Waals surface area (Å²) in [6.45, 7) is 4.75. The van der Waals surface area contributed by atoms with Gasteiger partial charge in [0.05, 0.1) is 29.5 Å². The van der Waals surface area contributed by atoms with Crippen LogP contribution in [0.3, 0.4) is 0 Å². The number of imidazole rings is 1. The standard InChI is InChI=1S/C23H28ClN5O2/c1-3-27(2)12-6-9-22(30)29-15-21-25-13-19(28(21)14-20(29)16-10-11-16)23(31)26-18-8-5-4-7-17(18)24/h4-9,13,16,20H,3,10-12,14-15H2,1-2H3,(H,26,31)/b9-6+. The number of likely N-dealkylation sites (N-methyl/N-ethyl adjacent to an activating group) is 1. The third-order valence-corrected chi connectivity index (χ3v) is 6.37. The fraction of sp³-hybridized carbons (Fsp3) is 0.435. The summed E-state index contributed by atoms with van der Waals surface area (Å²) < 4.78 is 1.95. The topological polar surface area (TPSA) is 70.5 Å². The highest BCUT2D eigenvalue weighted by atomic mass is 35.5. The maximum atomic E-state index is 12.9. The number of hydrogen-bond donors (Lipinski definition) is 1. The van der Waals surface area contributed by atoms with Gasteiger partial charge in [0.25, 0.3) is 5.91 Å². The van der Waals surface area contributed by atoms with Crippen LogP contribution in [0.15, 0.2) is 42.6 Å². The van der Waals surface area contributed by atoms with Crippen molar-refractivity contribution < 1.29 is 9.59 Å². The average Bonchev–Trinajstić information content (AvgIpc) is 3.53. The number of carbonyl (C=O) groups excluding carboxylic acids is 2. The number of hydrogen-bond acceptors (Lipinski definition) is 4. The SMILES string of the molecule is CCN(C)C/C=C/C(=O)N1Cc2ncc(C(=O)Nc3ccccc3Cl)n2CC1C1CC1. The second kappa shape index (κ2) is 9.24. The first-order valence-electron chi connectivity index (χ1n) is 10.7. The smallest absolute Gasteiger partial charge is 0.273 e. The summed E-state index contributed by atoms with van der Waals surface area (Å²) in [6.07, 6.45) is 7.40. The Kier molecular flexibility index (Phi) is 6.43. The highest BCUT2D eigenvalue weighted by molar-refractivity contribution is 6.33. The molecule has 1 unspecified atom stereocenters. The summed E-state index contributed by atoms with van der Waals surface area (Å²) in [5.74, 6) is 0.973. The zero-order valence-corrected chi connectivity index (χ0v) is 18.7. The molecule has 4 rings (SSSR count). The van der Waals surface area contributed by atoms with Crippen LogP contribution in [0.2, 0.25) is 5.02 Å². The van der Waals surface area contributed by atoms with Crippen LogP contribution in [-0.2, 0) is 17.9 Å². The number of carbonyl (C=O) groups is 2. The largest absolute Gasteiger partial charge is 0.327 e. The molecule has 1 N–H and O–H groups in total. The first-order valence-corrected chi connectivity index (χ1v) is 11.1. The summed E-state index contributed by atoms with van der Waals surface area (Å²) >= 11 is 6.18. The van der Waals surface area contributed by atoms with E-state index in [4.69, 9.17) is 11.6 Å². The minimum Gasteiger partial charge on any atom is -0.327 e. The lowest BCUT2D eigenvalue weighted by molar-refractivity contribution is -0.130. The number of benzene rings is 1. The van der Waals surface area contributed by atoms with Gasteiger partial charge in [0.15, 0.2) is 0 Å². The Hall–Kier alpha value is -2.64. The highest BCUT2D eigenvalue weighted by Crippen LogP contribution is 2.39. The van der Waals surface area contributed by atoms with Gasteiger partial charge in [-0.3, -0.25) is 9.59 Å². The lowest BCUT2D eigenvalue weighted by Crippen LogP contribution is -2.47. The third-order valence-electron chi connectivity index (χ3n) is 6.04. The summed E-state index contributed by atoms with van der Waals surface area (Å²) in [4.78, 5) is 34.3. The maximum absolute atomic E-state index is 12.9. The van der Waals surface area contributed by atoms with Crippen LogP contribution < -0.4 is 5.32 Å². The lowest BCUT2D eigenvalue weighted by Gasteiger charge is -2.36. The van der Waals surface area contributed by atoms with Crippen molar-refractivity contribution in [3.8, 4) is 0 Å².